The van der Waals surface area contributed by atoms with Crippen LogP contribution in [0.25, 0.3) is 0 Å². The largest absolute Gasteiger partial charge is 0.483 e. The lowest BCUT2D eigenvalue weighted by atomic mass is 10.1. The second kappa shape index (κ2) is 7.71. The number of aryl methyl sites for hydroxylation is 2. The molecule has 100 valence electrons. The summed E-state index contributed by atoms with van der Waals surface area (Å²) in [7, 11) is 1.89. The zero-order valence-electron chi connectivity index (χ0n) is 11.4. The van der Waals surface area contributed by atoms with E-state index in [4.69, 9.17) is 4.74 Å². The molecule has 0 unspecified atom stereocenters. The van der Waals surface area contributed by atoms with Gasteiger partial charge < -0.3 is 15.4 Å². The summed E-state index contributed by atoms with van der Waals surface area (Å²) in [5.41, 5.74) is 2.17. The highest BCUT2D eigenvalue weighted by molar-refractivity contribution is 5.77. The summed E-state index contributed by atoms with van der Waals surface area (Å²) >= 11 is 0. The normalized spacial score (nSPS) is 10.2. The average molecular weight is 250 g/mol. The van der Waals surface area contributed by atoms with Crippen molar-refractivity contribution in [2.45, 2.75) is 20.3 Å². The molecule has 0 aromatic heterocycles. The molecule has 0 saturated carbocycles. The molecule has 0 bridgehead atoms. The number of carbonyl (C=O) groups excluding carboxylic acids is 1. The molecule has 4 heteroatoms. The highest BCUT2D eigenvalue weighted by Crippen LogP contribution is 2.18. The van der Waals surface area contributed by atoms with Crippen LogP contribution in [0.15, 0.2) is 18.2 Å². The number of amides is 1. The standard InChI is InChI=1S/C14H22N2O2/c1-11-5-6-12(2)13(9-11)18-10-14(17)16-8-4-7-15-3/h5-6,9,15H,4,7-8,10H2,1-3H3,(H,16,17). The molecule has 18 heavy (non-hydrogen) atoms. The minimum absolute atomic E-state index is 0.0733. The molecule has 1 rings (SSSR count). The van der Waals surface area contributed by atoms with Gasteiger partial charge in [0.2, 0.25) is 0 Å². The van der Waals surface area contributed by atoms with Crippen molar-refractivity contribution in [2.75, 3.05) is 26.7 Å². The van der Waals surface area contributed by atoms with Gasteiger partial charge in [0.25, 0.3) is 5.91 Å². The Kier molecular flexibility index (Phi) is 6.22. The van der Waals surface area contributed by atoms with Gasteiger partial charge in [0, 0.05) is 6.54 Å². The van der Waals surface area contributed by atoms with Gasteiger partial charge in [-0.15, -0.1) is 0 Å². The molecular weight excluding hydrogens is 228 g/mol. The number of carbonyl (C=O) groups is 1. The van der Waals surface area contributed by atoms with Crippen LogP contribution in [0.4, 0.5) is 0 Å². The Morgan fingerprint density at radius 1 is 1.28 bits per heavy atom. The van der Waals surface area contributed by atoms with E-state index >= 15 is 0 Å². The monoisotopic (exact) mass is 250 g/mol. The van der Waals surface area contributed by atoms with E-state index in [1.165, 1.54) is 0 Å². The van der Waals surface area contributed by atoms with E-state index in [2.05, 4.69) is 10.6 Å². The van der Waals surface area contributed by atoms with E-state index in [1.54, 1.807) is 0 Å². The topological polar surface area (TPSA) is 50.4 Å². The van der Waals surface area contributed by atoms with Gasteiger partial charge in [0.15, 0.2) is 6.61 Å². The molecular formula is C14H22N2O2. The van der Waals surface area contributed by atoms with Gasteiger partial charge in [-0.3, -0.25) is 4.79 Å². The van der Waals surface area contributed by atoms with E-state index in [0.717, 1.165) is 29.8 Å². The Bertz CT molecular complexity index is 391. The van der Waals surface area contributed by atoms with Crippen molar-refractivity contribution in [1.29, 1.82) is 0 Å². The number of nitrogens with one attached hydrogen (secondary N) is 2. The quantitative estimate of drug-likeness (QED) is 0.719. The molecule has 0 radical (unpaired) electrons. The lowest BCUT2D eigenvalue weighted by molar-refractivity contribution is -0.123. The van der Waals surface area contributed by atoms with Crippen molar-refractivity contribution in [1.82, 2.24) is 10.6 Å². The van der Waals surface area contributed by atoms with Crippen molar-refractivity contribution in [2.24, 2.45) is 0 Å². The van der Waals surface area contributed by atoms with E-state index in [1.807, 2.05) is 39.1 Å². The Morgan fingerprint density at radius 2 is 2.06 bits per heavy atom. The summed E-state index contributed by atoms with van der Waals surface area (Å²) in [5, 5.41) is 5.85. The molecule has 2 N–H and O–H groups in total. The number of ether oxygens (including phenoxy) is 1. The summed E-state index contributed by atoms with van der Waals surface area (Å²) in [4.78, 5) is 11.5. The molecule has 0 spiro atoms. The van der Waals surface area contributed by atoms with Crippen LogP contribution in [0.3, 0.4) is 0 Å². The van der Waals surface area contributed by atoms with Gasteiger partial charge >= 0.3 is 0 Å². The summed E-state index contributed by atoms with van der Waals surface area (Å²) in [6, 6.07) is 5.97. The zero-order chi connectivity index (χ0) is 13.4. The highest BCUT2D eigenvalue weighted by Gasteiger charge is 2.04. The number of hydrogen-bond donors (Lipinski definition) is 2. The maximum atomic E-state index is 11.5. The number of benzene rings is 1. The van der Waals surface area contributed by atoms with Crippen LogP contribution in [0.2, 0.25) is 0 Å². The first-order valence-electron chi connectivity index (χ1n) is 6.25. The van der Waals surface area contributed by atoms with Crippen LogP contribution in [0.5, 0.6) is 5.75 Å². The molecule has 0 aliphatic rings. The maximum absolute atomic E-state index is 11.5. The molecule has 0 saturated heterocycles. The summed E-state index contributed by atoms with van der Waals surface area (Å²) in [6.07, 6.45) is 0.922. The van der Waals surface area contributed by atoms with Crippen molar-refractivity contribution >= 4 is 5.91 Å². The predicted octanol–water partition coefficient (Wildman–Crippen LogP) is 1.41. The van der Waals surface area contributed by atoms with Crippen LogP contribution < -0.4 is 15.4 Å². The van der Waals surface area contributed by atoms with Crippen molar-refractivity contribution < 1.29 is 9.53 Å². The molecule has 4 nitrogen and oxygen atoms in total. The van der Waals surface area contributed by atoms with Crippen LogP contribution in [-0.4, -0.2) is 32.7 Å². The first kappa shape index (κ1) is 14.5. The Labute approximate surface area is 109 Å². The van der Waals surface area contributed by atoms with E-state index in [9.17, 15) is 4.79 Å². The van der Waals surface area contributed by atoms with E-state index in [-0.39, 0.29) is 12.5 Å². The Balaban J connectivity index is 2.31. The first-order valence-corrected chi connectivity index (χ1v) is 6.25. The molecule has 1 aromatic rings. The third-order valence-electron chi connectivity index (χ3n) is 2.63. The SMILES string of the molecule is CNCCCNC(=O)COc1cc(C)ccc1C. The minimum atomic E-state index is -0.0768. The molecule has 0 atom stereocenters. The Morgan fingerprint density at radius 3 is 2.78 bits per heavy atom. The van der Waals surface area contributed by atoms with Crippen LogP contribution >= 0.6 is 0 Å². The number of rotatable bonds is 7. The molecule has 0 heterocycles. The summed E-state index contributed by atoms with van der Waals surface area (Å²) in [6.45, 7) is 5.63. The lowest BCUT2D eigenvalue weighted by Gasteiger charge is -2.10. The third-order valence-corrected chi connectivity index (χ3v) is 2.63. The molecule has 0 aliphatic carbocycles. The van der Waals surface area contributed by atoms with Crippen LogP contribution in [0.1, 0.15) is 17.5 Å². The first-order chi connectivity index (χ1) is 8.63. The molecule has 0 fully saturated rings. The van der Waals surface area contributed by atoms with Gasteiger partial charge in [-0.05, 0) is 51.1 Å². The maximum Gasteiger partial charge on any atom is 0.257 e. The second-order valence-electron chi connectivity index (χ2n) is 4.36. The van der Waals surface area contributed by atoms with E-state index < -0.39 is 0 Å². The van der Waals surface area contributed by atoms with Crippen molar-refractivity contribution in [3.63, 3.8) is 0 Å². The van der Waals surface area contributed by atoms with Gasteiger partial charge in [0.05, 0.1) is 0 Å². The summed E-state index contributed by atoms with van der Waals surface area (Å²) in [5.74, 6) is 0.701. The molecule has 1 amide bonds. The second-order valence-corrected chi connectivity index (χ2v) is 4.36. The highest BCUT2D eigenvalue weighted by atomic mass is 16.5. The molecule has 1 aromatic carbocycles. The smallest absolute Gasteiger partial charge is 0.257 e. The van der Waals surface area contributed by atoms with Gasteiger partial charge in [-0.2, -0.15) is 0 Å². The van der Waals surface area contributed by atoms with Crippen LogP contribution in [0, 0.1) is 13.8 Å². The third kappa shape index (κ3) is 5.19. The minimum Gasteiger partial charge on any atom is -0.483 e. The van der Waals surface area contributed by atoms with Crippen LogP contribution in [-0.2, 0) is 4.79 Å². The van der Waals surface area contributed by atoms with Gasteiger partial charge in [0.1, 0.15) is 5.75 Å². The van der Waals surface area contributed by atoms with E-state index in [0.29, 0.717) is 6.54 Å². The average Bonchev–Trinajstić information content (AvgIpc) is 2.36. The van der Waals surface area contributed by atoms with Crippen molar-refractivity contribution in [3.05, 3.63) is 29.3 Å². The lowest BCUT2D eigenvalue weighted by Crippen LogP contribution is -2.31. The predicted molar refractivity (Wildman–Crippen MR) is 73.0 cm³/mol. The fourth-order valence-corrected chi connectivity index (χ4v) is 1.55. The van der Waals surface area contributed by atoms with Crippen molar-refractivity contribution in [3.8, 4) is 5.75 Å². The molecule has 0 aliphatic heterocycles. The zero-order valence-corrected chi connectivity index (χ0v) is 11.4. The summed E-state index contributed by atoms with van der Waals surface area (Å²) < 4.78 is 5.51. The van der Waals surface area contributed by atoms with Gasteiger partial charge in [-0.1, -0.05) is 12.1 Å². The fourth-order valence-electron chi connectivity index (χ4n) is 1.55. The van der Waals surface area contributed by atoms with Gasteiger partial charge in [-0.25, -0.2) is 0 Å². The Hall–Kier alpha value is -1.55. The fraction of sp³-hybridized carbons (Fsp3) is 0.500. The number of hydrogen-bond acceptors (Lipinski definition) is 3.